The van der Waals surface area contributed by atoms with Crippen molar-refractivity contribution in [2.75, 3.05) is 13.1 Å². The Bertz CT molecular complexity index is 344. The molecule has 0 aliphatic heterocycles. The van der Waals surface area contributed by atoms with E-state index in [0.29, 0.717) is 13.0 Å². The molecule has 3 heteroatoms. The zero-order chi connectivity index (χ0) is 12.0. The summed E-state index contributed by atoms with van der Waals surface area (Å²) in [6.45, 7) is 7.79. The molecular weight excluding hydrogens is 218 g/mol. The smallest absolute Gasteiger partial charge is 0.151 e. The van der Waals surface area contributed by atoms with E-state index in [9.17, 15) is 4.79 Å². The second kappa shape index (κ2) is 6.81. The molecule has 1 N–H and O–H groups in total. The van der Waals surface area contributed by atoms with E-state index in [1.807, 2.05) is 0 Å². The first-order chi connectivity index (χ1) is 7.63. The number of unbranched alkanes of at least 4 members (excludes halogenated alkanes) is 1. The lowest BCUT2D eigenvalue weighted by molar-refractivity contribution is -0.117. The van der Waals surface area contributed by atoms with Crippen LogP contribution in [0.25, 0.3) is 0 Å². The Hall–Kier alpha value is -0.670. The lowest BCUT2D eigenvalue weighted by atomic mass is 10.1. The molecule has 0 spiro atoms. The molecule has 0 atom stereocenters. The SMILES string of the molecule is CCCCNCC(=O)Cc1cc(C)sc1C. The monoisotopic (exact) mass is 239 g/mol. The van der Waals surface area contributed by atoms with Gasteiger partial charge in [0.05, 0.1) is 6.54 Å². The maximum atomic E-state index is 11.7. The van der Waals surface area contributed by atoms with Gasteiger partial charge in [-0.15, -0.1) is 11.3 Å². The van der Waals surface area contributed by atoms with E-state index in [2.05, 4.69) is 32.2 Å². The van der Waals surface area contributed by atoms with Crippen molar-refractivity contribution in [2.24, 2.45) is 0 Å². The van der Waals surface area contributed by atoms with Gasteiger partial charge in [0.15, 0.2) is 5.78 Å². The summed E-state index contributed by atoms with van der Waals surface area (Å²) in [5, 5.41) is 3.19. The first-order valence-corrected chi connectivity index (χ1v) is 6.73. The van der Waals surface area contributed by atoms with Gasteiger partial charge >= 0.3 is 0 Å². The van der Waals surface area contributed by atoms with Crippen LogP contribution >= 0.6 is 11.3 Å². The van der Waals surface area contributed by atoms with Gasteiger partial charge in [0.2, 0.25) is 0 Å². The lowest BCUT2D eigenvalue weighted by Gasteiger charge is -2.02. The summed E-state index contributed by atoms with van der Waals surface area (Å²) in [6.07, 6.45) is 2.89. The zero-order valence-electron chi connectivity index (χ0n) is 10.4. The van der Waals surface area contributed by atoms with Crippen molar-refractivity contribution in [1.29, 1.82) is 0 Å². The molecule has 1 aromatic heterocycles. The van der Waals surface area contributed by atoms with E-state index in [1.165, 1.54) is 21.7 Å². The van der Waals surface area contributed by atoms with Crippen molar-refractivity contribution in [3.63, 3.8) is 0 Å². The number of hydrogen-bond donors (Lipinski definition) is 1. The molecule has 16 heavy (non-hydrogen) atoms. The Morgan fingerprint density at radius 3 is 2.75 bits per heavy atom. The summed E-state index contributed by atoms with van der Waals surface area (Å²) in [5.41, 5.74) is 1.20. The highest BCUT2D eigenvalue weighted by molar-refractivity contribution is 7.12. The molecular formula is C13H21NOS. The number of rotatable bonds is 7. The Morgan fingerprint density at radius 2 is 2.19 bits per heavy atom. The van der Waals surface area contributed by atoms with Gasteiger partial charge in [0.25, 0.3) is 0 Å². The Balaban J connectivity index is 2.31. The third kappa shape index (κ3) is 4.45. The first kappa shape index (κ1) is 13.4. The minimum atomic E-state index is 0.289. The fourth-order valence-electron chi connectivity index (χ4n) is 1.66. The number of aryl methyl sites for hydroxylation is 2. The highest BCUT2D eigenvalue weighted by atomic mass is 32.1. The van der Waals surface area contributed by atoms with Crippen molar-refractivity contribution in [2.45, 2.75) is 40.0 Å². The molecule has 0 saturated heterocycles. The number of carbonyl (C=O) groups excluding carboxylic acids is 1. The Labute approximate surface area is 102 Å². The van der Waals surface area contributed by atoms with E-state index in [4.69, 9.17) is 0 Å². The molecule has 0 aliphatic carbocycles. The third-order valence-electron chi connectivity index (χ3n) is 2.56. The van der Waals surface area contributed by atoms with Crippen molar-refractivity contribution in [3.05, 3.63) is 21.4 Å². The van der Waals surface area contributed by atoms with Gasteiger partial charge < -0.3 is 5.32 Å². The van der Waals surface area contributed by atoms with Crippen molar-refractivity contribution in [1.82, 2.24) is 5.32 Å². The molecule has 0 saturated carbocycles. The maximum absolute atomic E-state index is 11.7. The normalized spacial score (nSPS) is 10.7. The maximum Gasteiger partial charge on any atom is 0.151 e. The number of nitrogens with one attached hydrogen (secondary N) is 1. The molecule has 90 valence electrons. The second-order valence-corrected chi connectivity index (χ2v) is 5.64. The first-order valence-electron chi connectivity index (χ1n) is 5.91. The number of carbonyl (C=O) groups is 1. The molecule has 1 aromatic rings. The quantitative estimate of drug-likeness (QED) is 0.741. The van der Waals surface area contributed by atoms with Gasteiger partial charge in [-0.3, -0.25) is 4.79 Å². The fourth-order valence-corrected chi connectivity index (χ4v) is 2.61. The van der Waals surface area contributed by atoms with Crippen LogP contribution in [0.5, 0.6) is 0 Å². The minimum Gasteiger partial charge on any atom is -0.310 e. The average Bonchev–Trinajstić information content (AvgIpc) is 2.52. The second-order valence-electron chi connectivity index (χ2n) is 4.18. The molecule has 0 fully saturated rings. The predicted molar refractivity (Wildman–Crippen MR) is 70.3 cm³/mol. The number of ketones is 1. The molecule has 1 heterocycles. The molecule has 0 bridgehead atoms. The topological polar surface area (TPSA) is 29.1 Å². The van der Waals surface area contributed by atoms with Crippen molar-refractivity contribution >= 4 is 17.1 Å². The summed E-state index contributed by atoms with van der Waals surface area (Å²) in [5.74, 6) is 0.289. The molecule has 0 aromatic carbocycles. The Morgan fingerprint density at radius 1 is 1.44 bits per heavy atom. The van der Waals surface area contributed by atoms with Gasteiger partial charge in [-0.2, -0.15) is 0 Å². The summed E-state index contributed by atoms with van der Waals surface area (Å²) in [7, 11) is 0. The summed E-state index contributed by atoms with van der Waals surface area (Å²) in [4.78, 5) is 14.2. The van der Waals surface area contributed by atoms with Gasteiger partial charge in [-0.05, 0) is 38.4 Å². The molecule has 0 amide bonds. The zero-order valence-corrected chi connectivity index (χ0v) is 11.2. The van der Waals surface area contributed by atoms with Crippen LogP contribution in [0.2, 0.25) is 0 Å². The molecule has 2 nitrogen and oxygen atoms in total. The van der Waals surface area contributed by atoms with Gasteiger partial charge in [-0.25, -0.2) is 0 Å². The minimum absolute atomic E-state index is 0.289. The molecule has 0 aliphatic rings. The standard InChI is InChI=1S/C13H21NOS/c1-4-5-6-14-9-13(15)8-12-7-10(2)16-11(12)3/h7,14H,4-6,8-9H2,1-3H3. The van der Waals surface area contributed by atoms with Crippen molar-refractivity contribution < 1.29 is 4.79 Å². The van der Waals surface area contributed by atoms with Gasteiger partial charge in [-0.1, -0.05) is 13.3 Å². The summed E-state index contributed by atoms with van der Waals surface area (Å²) < 4.78 is 0. The fraction of sp³-hybridized carbons (Fsp3) is 0.615. The van der Waals surface area contributed by atoms with Crippen LogP contribution in [0.4, 0.5) is 0 Å². The third-order valence-corrected chi connectivity index (χ3v) is 3.57. The van der Waals surface area contributed by atoms with Crippen molar-refractivity contribution in [3.8, 4) is 0 Å². The van der Waals surface area contributed by atoms with Crippen LogP contribution in [0.1, 0.15) is 35.1 Å². The van der Waals surface area contributed by atoms with Crippen LogP contribution in [-0.4, -0.2) is 18.9 Å². The van der Waals surface area contributed by atoms with Crippen LogP contribution in [0.15, 0.2) is 6.07 Å². The highest BCUT2D eigenvalue weighted by Crippen LogP contribution is 2.20. The number of hydrogen-bond acceptors (Lipinski definition) is 3. The average molecular weight is 239 g/mol. The van der Waals surface area contributed by atoms with Crippen LogP contribution in [0, 0.1) is 13.8 Å². The number of Topliss-reactive ketones (excluding diaryl/α,β-unsaturated/α-hetero) is 1. The molecule has 1 rings (SSSR count). The van der Waals surface area contributed by atoms with Crippen LogP contribution in [-0.2, 0) is 11.2 Å². The van der Waals surface area contributed by atoms with Gasteiger partial charge in [0, 0.05) is 16.2 Å². The molecule has 0 radical (unpaired) electrons. The van der Waals surface area contributed by atoms with E-state index in [1.54, 1.807) is 11.3 Å². The summed E-state index contributed by atoms with van der Waals surface area (Å²) in [6, 6.07) is 2.13. The van der Waals surface area contributed by atoms with Crippen LogP contribution < -0.4 is 5.32 Å². The number of thiophene rings is 1. The summed E-state index contributed by atoms with van der Waals surface area (Å²) >= 11 is 1.77. The molecule has 0 unspecified atom stereocenters. The largest absolute Gasteiger partial charge is 0.310 e. The lowest BCUT2D eigenvalue weighted by Crippen LogP contribution is -2.25. The van der Waals surface area contributed by atoms with Crippen LogP contribution in [0.3, 0.4) is 0 Å². The predicted octanol–water partition coefficient (Wildman–Crippen LogP) is 2.87. The van der Waals surface area contributed by atoms with E-state index >= 15 is 0 Å². The highest BCUT2D eigenvalue weighted by Gasteiger charge is 2.08. The Kier molecular flexibility index (Phi) is 5.71. The van der Waals surface area contributed by atoms with Gasteiger partial charge in [0.1, 0.15) is 0 Å². The van der Waals surface area contributed by atoms with E-state index in [0.717, 1.165) is 13.0 Å². The van der Waals surface area contributed by atoms with E-state index in [-0.39, 0.29) is 5.78 Å². The van der Waals surface area contributed by atoms with E-state index < -0.39 is 0 Å².